The van der Waals surface area contributed by atoms with Crippen molar-refractivity contribution in [2.45, 2.75) is 38.8 Å². The fraction of sp³-hybridized carbons (Fsp3) is 0.522. The second-order valence-corrected chi connectivity index (χ2v) is 8.45. The van der Waals surface area contributed by atoms with Crippen molar-refractivity contribution in [1.29, 1.82) is 0 Å². The van der Waals surface area contributed by atoms with Crippen LogP contribution in [0.2, 0.25) is 0 Å². The van der Waals surface area contributed by atoms with E-state index in [4.69, 9.17) is 24.4 Å². The van der Waals surface area contributed by atoms with Gasteiger partial charge in [0.2, 0.25) is 5.95 Å². The van der Waals surface area contributed by atoms with E-state index in [1.54, 1.807) is 0 Å². The zero-order valence-corrected chi connectivity index (χ0v) is 18.1. The van der Waals surface area contributed by atoms with Gasteiger partial charge in [0.05, 0.1) is 49.6 Å². The molecule has 0 radical (unpaired) electrons. The average Bonchev–Trinajstić information content (AvgIpc) is 2.79. The Morgan fingerprint density at radius 1 is 0.903 bits per heavy atom. The molecule has 2 aliphatic heterocycles. The highest BCUT2D eigenvalue weighted by molar-refractivity contribution is 5.89. The summed E-state index contributed by atoms with van der Waals surface area (Å²) in [6, 6.07) is 4.46. The minimum absolute atomic E-state index is 0.0842. The summed E-state index contributed by atoms with van der Waals surface area (Å²) in [6.45, 7) is 8.47. The topological polar surface area (TPSA) is 63.6 Å². The van der Waals surface area contributed by atoms with Gasteiger partial charge in [0, 0.05) is 19.5 Å². The van der Waals surface area contributed by atoms with Crippen molar-refractivity contribution in [1.82, 2.24) is 15.0 Å². The van der Waals surface area contributed by atoms with Crippen LogP contribution in [0.1, 0.15) is 32.4 Å². The standard InChI is InChI=1S/C23H28FN5O2/c1-15-13-30-11-9-28(15)22-19-7-8-20(17-3-5-18(24)6-4-17)25-21(19)26-23(27-22)29-10-12-31-14-16(29)2/h3,5,7-8,15-16H,4,6,9-14H2,1-2H3/t15-,16-/m0/s1. The number of hydrogen-bond acceptors (Lipinski definition) is 7. The van der Waals surface area contributed by atoms with Gasteiger partial charge in [-0.3, -0.25) is 0 Å². The monoisotopic (exact) mass is 425 g/mol. The molecule has 0 unspecified atom stereocenters. The van der Waals surface area contributed by atoms with Gasteiger partial charge in [0.25, 0.3) is 0 Å². The maximum absolute atomic E-state index is 13.5. The number of anilines is 2. The molecule has 5 rings (SSSR count). The maximum Gasteiger partial charge on any atom is 0.229 e. The first-order valence-corrected chi connectivity index (χ1v) is 11.0. The van der Waals surface area contributed by atoms with Crippen LogP contribution in [-0.4, -0.2) is 66.6 Å². The Hall–Kier alpha value is -2.58. The molecule has 0 bridgehead atoms. The summed E-state index contributed by atoms with van der Waals surface area (Å²) < 4.78 is 24.7. The summed E-state index contributed by atoms with van der Waals surface area (Å²) in [5.74, 6) is 1.50. The largest absolute Gasteiger partial charge is 0.377 e. The first-order chi connectivity index (χ1) is 15.1. The van der Waals surface area contributed by atoms with Gasteiger partial charge < -0.3 is 19.3 Å². The van der Waals surface area contributed by atoms with Crippen molar-refractivity contribution in [2.24, 2.45) is 0 Å². The summed E-state index contributed by atoms with van der Waals surface area (Å²) in [6.07, 6.45) is 4.42. The predicted octanol–water partition coefficient (Wildman–Crippen LogP) is 3.51. The third-order valence-electron chi connectivity index (χ3n) is 6.22. The molecule has 8 heteroatoms. The van der Waals surface area contributed by atoms with Gasteiger partial charge in [-0.05, 0) is 44.1 Å². The number of halogens is 1. The normalized spacial score (nSPS) is 24.9. The van der Waals surface area contributed by atoms with Crippen LogP contribution < -0.4 is 9.80 Å². The highest BCUT2D eigenvalue weighted by Crippen LogP contribution is 2.32. The van der Waals surface area contributed by atoms with Gasteiger partial charge in [-0.2, -0.15) is 9.97 Å². The molecule has 2 fully saturated rings. The first kappa shape index (κ1) is 20.3. The van der Waals surface area contributed by atoms with Crippen molar-refractivity contribution in [3.05, 3.63) is 35.8 Å². The Morgan fingerprint density at radius 3 is 2.32 bits per heavy atom. The van der Waals surface area contributed by atoms with Crippen LogP contribution in [0, 0.1) is 0 Å². The minimum Gasteiger partial charge on any atom is -0.377 e. The molecule has 0 saturated carbocycles. The summed E-state index contributed by atoms with van der Waals surface area (Å²) in [4.78, 5) is 19.3. The number of aromatic nitrogens is 3. The molecule has 0 N–H and O–H groups in total. The molecular formula is C23H28FN5O2. The highest BCUT2D eigenvalue weighted by Gasteiger charge is 2.27. The minimum atomic E-state index is -0.0842. The summed E-state index contributed by atoms with van der Waals surface area (Å²) in [5, 5.41) is 0.931. The first-order valence-electron chi connectivity index (χ1n) is 11.0. The fourth-order valence-corrected chi connectivity index (χ4v) is 4.40. The van der Waals surface area contributed by atoms with Crippen LogP contribution in [0.5, 0.6) is 0 Å². The Morgan fingerprint density at radius 2 is 1.65 bits per heavy atom. The van der Waals surface area contributed by atoms with Crippen molar-refractivity contribution < 1.29 is 13.9 Å². The second-order valence-electron chi connectivity index (χ2n) is 8.45. The molecule has 3 aliphatic rings. The van der Waals surface area contributed by atoms with Crippen LogP contribution in [0.4, 0.5) is 16.2 Å². The van der Waals surface area contributed by atoms with Gasteiger partial charge in [-0.15, -0.1) is 0 Å². The van der Waals surface area contributed by atoms with Crippen molar-refractivity contribution in [2.75, 3.05) is 49.3 Å². The number of morpholine rings is 2. The molecular weight excluding hydrogens is 397 g/mol. The second kappa shape index (κ2) is 8.51. The molecule has 31 heavy (non-hydrogen) atoms. The third-order valence-corrected chi connectivity index (χ3v) is 6.22. The van der Waals surface area contributed by atoms with E-state index in [0.29, 0.717) is 50.9 Å². The van der Waals surface area contributed by atoms with E-state index in [1.165, 1.54) is 6.08 Å². The van der Waals surface area contributed by atoms with Crippen LogP contribution >= 0.6 is 0 Å². The number of pyridine rings is 1. The van der Waals surface area contributed by atoms with E-state index in [1.807, 2.05) is 12.1 Å². The van der Waals surface area contributed by atoms with Gasteiger partial charge in [0.15, 0.2) is 5.65 Å². The number of fused-ring (bicyclic) bond motifs is 1. The van der Waals surface area contributed by atoms with Crippen LogP contribution in [0.15, 0.2) is 30.1 Å². The molecule has 1 aliphatic carbocycles. The van der Waals surface area contributed by atoms with Crippen molar-refractivity contribution >= 4 is 28.4 Å². The third kappa shape index (κ3) is 4.02. The van der Waals surface area contributed by atoms with E-state index in [2.05, 4.69) is 29.7 Å². The summed E-state index contributed by atoms with van der Waals surface area (Å²) in [7, 11) is 0. The zero-order valence-electron chi connectivity index (χ0n) is 18.1. The van der Waals surface area contributed by atoms with Gasteiger partial charge in [-0.1, -0.05) is 6.08 Å². The number of ether oxygens (including phenoxy) is 2. The Balaban J connectivity index is 1.63. The molecule has 2 aromatic rings. The Bertz CT molecular complexity index is 1040. The van der Waals surface area contributed by atoms with Crippen molar-refractivity contribution in [3.63, 3.8) is 0 Å². The van der Waals surface area contributed by atoms with Gasteiger partial charge >= 0.3 is 0 Å². The lowest BCUT2D eigenvalue weighted by atomic mass is 10.0. The molecule has 0 aromatic carbocycles. The molecule has 0 spiro atoms. The van der Waals surface area contributed by atoms with E-state index in [-0.39, 0.29) is 17.9 Å². The molecule has 0 amide bonds. The summed E-state index contributed by atoms with van der Waals surface area (Å²) >= 11 is 0. The van der Waals surface area contributed by atoms with E-state index < -0.39 is 0 Å². The number of allylic oxidation sites excluding steroid dienone is 4. The van der Waals surface area contributed by atoms with Crippen molar-refractivity contribution in [3.8, 4) is 0 Å². The maximum atomic E-state index is 13.5. The van der Waals surface area contributed by atoms with E-state index >= 15 is 0 Å². The van der Waals surface area contributed by atoms with Gasteiger partial charge in [-0.25, -0.2) is 9.37 Å². The van der Waals surface area contributed by atoms with E-state index in [0.717, 1.165) is 35.6 Å². The van der Waals surface area contributed by atoms with E-state index in [9.17, 15) is 4.39 Å². The quantitative estimate of drug-likeness (QED) is 0.746. The van der Waals surface area contributed by atoms with Gasteiger partial charge in [0.1, 0.15) is 11.6 Å². The lowest BCUT2D eigenvalue weighted by molar-refractivity contribution is 0.0973. The molecule has 7 nitrogen and oxygen atoms in total. The fourth-order valence-electron chi connectivity index (χ4n) is 4.40. The molecule has 2 aromatic heterocycles. The summed E-state index contributed by atoms with van der Waals surface area (Å²) in [5.41, 5.74) is 2.55. The zero-order chi connectivity index (χ0) is 21.4. The SMILES string of the molecule is C[C@H]1COCCN1c1nc(N2CCOC[C@@H]2C)c2ccc(C3=CC=C(F)CC3)nc2n1. The lowest BCUT2D eigenvalue weighted by Gasteiger charge is -2.37. The molecule has 2 saturated heterocycles. The number of rotatable bonds is 3. The molecule has 2 atom stereocenters. The molecule has 164 valence electrons. The average molecular weight is 426 g/mol. The Kier molecular flexibility index (Phi) is 5.58. The molecule has 4 heterocycles. The van der Waals surface area contributed by atoms with Crippen LogP contribution in [-0.2, 0) is 9.47 Å². The predicted molar refractivity (Wildman–Crippen MR) is 119 cm³/mol. The Labute approximate surface area is 181 Å². The number of nitrogens with zero attached hydrogens (tertiary/aromatic N) is 5. The lowest BCUT2D eigenvalue weighted by Crippen LogP contribution is -2.46. The van der Waals surface area contributed by atoms with Crippen LogP contribution in [0.3, 0.4) is 0 Å². The highest BCUT2D eigenvalue weighted by atomic mass is 19.1. The van der Waals surface area contributed by atoms with Crippen LogP contribution in [0.25, 0.3) is 16.6 Å². The smallest absolute Gasteiger partial charge is 0.229 e. The number of hydrogen-bond donors (Lipinski definition) is 0.